The monoisotopic (exact) mass is 418 g/mol. The fourth-order valence-electron chi connectivity index (χ4n) is 3.83. The largest absolute Gasteiger partial charge is 0.457 e. The Labute approximate surface area is 175 Å². The number of carbonyl (C=O) groups is 1. The average molecular weight is 419 g/mol. The molecule has 1 fully saturated rings. The van der Waals surface area contributed by atoms with E-state index in [2.05, 4.69) is 6.92 Å². The van der Waals surface area contributed by atoms with Crippen LogP contribution in [0.2, 0.25) is 0 Å². The van der Waals surface area contributed by atoms with Crippen LogP contribution < -0.4 is 0 Å². The molecule has 0 aromatic heterocycles. The fourth-order valence-corrected chi connectivity index (χ4v) is 3.83. The normalized spacial score (nSPS) is 29.7. The topological polar surface area (TPSA) is 127 Å². The van der Waals surface area contributed by atoms with Crippen molar-refractivity contribution in [1.29, 1.82) is 0 Å². The lowest BCUT2D eigenvalue weighted by Gasteiger charge is -2.41. The third-order valence-corrected chi connectivity index (χ3v) is 5.82. The van der Waals surface area contributed by atoms with Crippen LogP contribution in [0.5, 0.6) is 0 Å². The van der Waals surface area contributed by atoms with Gasteiger partial charge in [0.1, 0.15) is 30.5 Å². The smallest absolute Gasteiger partial charge is 0.306 e. The van der Waals surface area contributed by atoms with E-state index in [1.807, 2.05) is 0 Å². The van der Waals surface area contributed by atoms with Gasteiger partial charge in [-0.3, -0.25) is 4.79 Å². The molecule has 0 aromatic carbocycles. The molecule has 0 bridgehead atoms. The fraction of sp³-hybridized carbons (Fsp3) is 0.955. The number of hydrogen-bond donors (Lipinski definition) is 5. The van der Waals surface area contributed by atoms with Crippen LogP contribution in [-0.2, 0) is 9.53 Å². The Morgan fingerprint density at radius 1 is 0.586 bits per heavy atom. The minimum absolute atomic E-state index is 0.155. The van der Waals surface area contributed by atoms with Gasteiger partial charge in [-0.1, -0.05) is 84.0 Å². The highest BCUT2D eigenvalue weighted by molar-refractivity contribution is 5.69. The van der Waals surface area contributed by atoms with Crippen LogP contribution in [0.1, 0.15) is 96.8 Å². The molecule has 0 heterocycles. The molecule has 7 heteroatoms. The third kappa shape index (κ3) is 9.75. The Kier molecular flexibility index (Phi) is 13.7. The summed E-state index contributed by atoms with van der Waals surface area (Å²) in [7, 11) is 0. The molecule has 0 saturated heterocycles. The van der Waals surface area contributed by atoms with E-state index in [9.17, 15) is 30.3 Å². The number of rotatable bonds is 15. The predicted octanol–water partition coefficient (Wildman–Crippen LogP) is 2.20. The second-order valence-corrected chi connectivity index (χ2v) is 8.40. The summed E-state index contributed by atoms with van der Waals surface area (Å²) in [5, 5.41) is 48.6. The number of carbonyl (C=O) groups excluding carboxylic acids is 1. The Hall–Kier alpha value is -0.730. The highest BCUT2D eigenvalue weighted by Gasteiger charge is 2.50. The van der Waals surface area contributed by atoms with E-state index >= 15 is 0 Å². The number of hydrogen-bond acceptors (Lipinski definition) is 7. The first-order chi connectivity index (χ1) is 13.9. The van der Waals surface area contributed by atoms with Gasteiger partial charge in [0.25, 0.3) is 0 Å². The van der Waals surface area contributed by atoms with Gasteiger partial charge in [0.15, 0.2) is 6.10 Å². The van der Waals surface area contributed by atoms with Crippen molar-refractivity contribution >= 4 is 5.97 Å². The molecule has 0 unspecified atom stereocenters. The van der Waals surface area contributed by atoms with Gasteiger partial charge in [0.2, 0.25) is 0 Å². The first-order valence-corrected chi connectivity index (χ1v) is 11.5. The zero-order valence-electron chi connectivity index (χ0n) is 17.9. The summed E-state index contributed by atoms with van der Waals surface area (Å²) < 4.78 is 5.04. The molecule has 172 valence electrons. The van der Waals surface area contributed by atoms with E-state index in [1.165, 1.54) is 57.8 Å². The quantitative estimate of drug-likeness (QED) is 0.204. The first-order valence-electron chi connectivity index (χ1n) is 11.5. The van der Waals surface area contributed by atoms with E-state index in [4.69, 9.17) is 4.74 Å². The molecule has 0 aromatic rings. The number of aliphatic hydroxyl groups is 5. The van der Waals surface area contributed by atoms with Gasteiger partial charge in [0, 0.05) is 6.42 Å². The molecule has 1 aliphatic rings. The van der Waals surface area contributed by atoms with E-state index in [0.29, 0.717) is 6.42 Å². The summed E-state index contributed by atoms with van der Waals surface area (Å²) in [5.74, 6) is -0.591. The summed E-state index contributed by atoms with van der Waals surface area (Å²) in [6.07, 6.45) is 5.99. The summed E-state index contributed by atoms with van der Waals surface area (Å²) in [5.41, 5.74) is 0. The molecule has 1 saturated carbocycles. The average Bonchev–Trinajstić information content (AvgIpc) is 2.71. The van der Waals surface area contributed by atoms with Crippen LogP contribution in [0, 0.1) is 0 Å². The number of esters is 1. The summed E-state index contributed by atoms with van der Waals surface area (Å²) in [4.78, 5) is 11.9. The molecule has 1 rings (SSSR count). The lowest BCUT2D eigenvalue weighted by atomic mass is 9.85. The molecule has 0 spiro atoms. The van der Waals surface area contributed by atoms with E-state index in [1.54, 1.807) is 0 Å². The molecule has 0 aliphatic heterocycles. The Balaban J connectivity index is 2.03. The SMILES string of the molecule is CCCCCCCCCCCCCCCC(=O)O[C@@H]1[C@@H](O)[C@H](O)[C@@H](O)[C@H](O)[C@@H]1O. The minimum atomic E-state index is -1.68. The molecule has 29 heavy (non-hydrogen) atoms. The third-order valence-electron chi connectivity index (χ3n) is 5.82. The van der Waals surface area contributed by atoms with Gasteiger partial charge in [0.05, 0.1) is 0 Å². The van der Waals surface area contributed by atoms with Crippen LogP contribution in [-0.4, -0.2) is 68.1 Å². The van der Waals surface area contributed by atoms with Gasteiger partial charge >= 0.3 is 5.97 Å². The molecule has 6 atom stereocenters. The van der Waals surface area contributed by atoms with Crippen molar-refractivity contribution in [3.8, 4) is 0 Å². The molecule has 0 radical (unpaired) electrons. The Morgan fingerprint density at radius 3 is 1.34 bits per heavy atom. The van der Waals surface area contributed by atoms with E-state index in [-0.39, 0.29) is 6.42 Å². The van der Waals surface area contributed by atoms with Crippen LogP contribution in [0.3, 0.4) is 0 Å². The van der Waals surface area contributed by atoms with E-state index in [0.717, 1.165) is 19.3 Å². The van der Waals surface area contributed by atoms with Crippen molar-refractivity contribution in [2.24, 2.45) is 0 Å². The second kappa shape index (κ2) is 15.1. The highest BCUT2D eigenvalue weighted by Crippen LogP contribution is 2.24. The zero-order chi connectivity index (χ0) is 21.6. The Bertz CT molecular complexity index is 415. The molecule has 0 amide bonds. The van der Waals surface area contributed by atoms with Crippen molar-refractivity contribution in [3.05, 3.63) is 0 Å². The van der Waals surface area contributed by atoms with Crippen LogP contribution >= 0.6 is 0 Å². The van der Waals surface area contributed by atoms with Crippen molar-refractivity contribution in [2.45, 2.75) is 133 Å². The Morgan fingerprint density at radius 2 is 0.931 bits per heavy atom. The van der Waals surface area contributed by atoms with Crippen molar-refractivity contribution in [1.82, 2.24) is 0 Å². The van der Waals surface area contributed by atoms with Crippen molar-refractivity contribution < 1.29 is 35.1 Å². The number of unbranched alkanes of at least 4 members (excludes halogenated alkanes) is 12. The maximum Gasteiger partial charge on any atom is 0.306 e. The van der Waals surface area contributed by atoms with Crippen LogP contribution in [0.15, 0.2) is 0 Å². The maximum absolute atomic E-state index is 11.9. The molecule has 5 N–H and O–H groups in total. The summed E-state index contributed by atoms with van der Waals surface area (Å²) >= 11 is 0. The lowest BCUT2D eigenvalue weighted by Crippen LogP contribution is -2.64. The first kappa shape index (κ1) is 26.3. The van der Waals surface area contributed by atoms with Gasteiger partial charge in [-0.05, 0) is 6.42 Å². The van der Waals surface area contributed by atoms with E-state index < -0.39 is 42.6 Å². The van der Waals surface area contributed by atoms with Gasteiger partial charge in [-0.2, -0.15) is 0 Å². The molecular weight excluding hydrogens is 376 g/mol. The number of ether oxygens (including phenoxy) is 1. The zero-order valence-corrected chi connectivity index (χ0v) is 17.9. The van der Waals surface area contributed by atoms with Crippen LogP contribution in [0.4, 0.5) is 0 Å². The van der Waals surface area contributed by atoms with Crippen molar-refractivity contribution in [3.63, 3.8) is 0 Å². The number of aliphatic hydroxyl groups excluding tert-OH is 5. The standard InChI is InChI=1S/C22H42O7/c1-2-3-4-5-6-7-8-9-10-11-12-13-14-15-16(23)29-22-20(27)18(25)17(24)19(26)21(22)28/h17-22,24-28H,2-15H2,1H3/t17-,18-,19+,20-,21-,22-/m0/s1. The second-order valence-electron chi connectivity index (χ2n) is 8.40. The van der Waals surface area contributed by atoms with Crippen LogP contribution in [0.25, 0.3) is 0 Å². The highest BCUT2D eigenvalue weighted by atomic mass is 16.6. The molecule has 1 aliphatic carbocycles. The predicted molar refractivity (Wildman–Crippen MR) is 110 cm³/mol. The summed E-state index contributed by atoms with van der Waals surface area (Å²) in [6.45, 7) is 2.23. The lowest BCUT2D eigenvalue weighted by molar-refractivity contribution is -0.233. The van der Waals surface area contributed by atoms with Crippen molar-refractivity contribution in [2.75, 3.05) is 0 Å². The molecular formula is C22H42O7. The maximum atomic E-state index is 11.9. The van der Waals surface area contributed by atoms with Gasteiger partial charge in [-0.25, -0.2) is 0 Å². The van der Waals surface area contributed by atoms with Gasteiger partial charge in [-0.15, -0.1) is 0 Å². The summed E-state index contributed by atoms with van der Waals surface area (Å²) in [6, 6.07) is 0. The minimum Gasteiger partial charge on any atom is -0.457 e. The van der Waals surface area contributed by atoms with Gasteiger partial charge < -0.3 is 30.3 Å². The molecule has 7 nitrogen and oxygen atoms in total.